The minimum Gasteiger partial charge on any atom is -0.456 e. The van der Waals surface area contributed by atoms with Crippen LogP contribution >= 0.6 is 0 Å². The molecular weight excluding hydrogens is 679 g/mol. The number of rotatable bonds is 6. The molecule has 0 amide bonds. The fraction of sp³-hybridized carbons (Fsp3) is 0.0370. The quantitative estimate of drug-likeness (QED) is 0.159. The van der Waals surface area contributed by atoms with Gasteiger partial charge in [0.25, 0.3) is 0 Å². The minimum atomic E-state index is 0.462. The molecule has 2 aliphatic rings. The summed E-state index contributed by atoms with van der Waals surface area (Å²) in [7, 11) is 0. The van der Waals surface area contributed by atoms with Gasteiger partial charge in [-0.05, 0) is 122 Å². The minimum absolute atomic E-state index is 0.462. The van der Waals surface area contributed by atoms with Crippen molar-refractivity contribution in [3.05, 3.63) is 217 Å². The number of nitrogens with zero attached hydrogens (tertiary/aromatic N) is 1. The zero-order chi connectivity index (χ0) is 37.0. The van der Waals surface area contributed by atoms with Gasteiger partial charge in [0.1, 0.15) is 11.2 Å². The van der Waals surface area contributed by atoms with Gasteiger partial charge < -0.3 is 9.32 Å². The molecule has 1 heterocycles. The molecule has 264 valence electrons. The molecule has 0 saturated carbocycles. The molecule has 11 rings (SSSR count). The van der Waals surface area contributed by atoms with Gasteiger partial charge in [-0.1, -0.05) is 152 Å². The lowest BCUT2D eigenvalue weighted by molar-refractivity contribution is 0.669. The third-order valence-corrected chi connectivity index (χ3v) is 11.6. The second-order valence-corrected chi connectivity index (χ2v) is 14.9. The first-order valence-electron chi connectivity index (χ1n) is 19.4. The standard InChI is InChI=1S/C54H37NO/c1-2-12-39-32-42(23-22-36(39)10-1)40-13-7-15-45(33-40)55(46-16-8-14-41(34-46)43-27-31-54-52(35-43)51-18-5-6-21-53(51)56-54)44-28-24-38(25-29-44)48-19-9-20-49-47-17-4-3-11-37(47)26-30-50(48)49/h1-21,23-36H,22H2. The predicted molar refractivity (Wildman–Crippen MR) is 237 cm³/mol. The Labute approximate surface area is 326 Å². The Balaban J connectivity index is 1.02. The number of anilines is 3. The van der Waals surface area contributed by atoms with E-state index in [1.807, 2.05) is 12.1 Å². The van der Waals surface area contributed by atoms with Crippen LogP contribution in [0.1, 0.15) is 12.0 Å². The molecule has 1 unspecified atom stereocenters. The molecule has 2 aliphatic carbocycles. The van der Waals surface area contributed by atoms with Gasteiger partial charge in [0.15, 0.2) is 0 Å². The summed E-state index contributed by atoms with van der Waals surface area (Å²) in [6, 6.07) is 61.6. The molecule has 0 fully saturated rings. The molecule has 8 aromatic carbocycles. The van der Waals surface area contributed by atoms with E-state index in [1.54, 1.807) is 0 Å². The summed E-state index contributed by atoms with van der Waals surface area (Å²) in [6.45, 7) is 0. The number of allylic oxidation sites excluding steroid dienone is 8. The summed E-state index contributed by atoms with van der Waals surface area (Å²) in [5.74, 6) is 0.462. The maximum Gasteiger partial charge on any atom is 0.135 e. The van der Waals surface area contributed by atoms with Gasteiger partial charge in [0.2, 0.25) is 0 Å². The molecule has 56 heavy (non-hydrogen) atoms. The van der Waals surface area contributed by atoms with Gasteiger partial charge in [0, 0.05) is 33.8 Å². The van der Waals surface area contributed by atoms with Crippen LogP contribution in [-0.2, 0) is 0 Å². The number of para-hydroxylation sites is 1. The van der Waals surface area contributed by atoms with Gasteiger partial charge in [-0.15, -0.1) is 0 Å². The second-order valence-electron chi connectivity index (χ2n) is 14.9. The first-order valence-corrected chi connectivity index (χ1v) is 19.4. The number of benzene rings is 8. The summed E-state index contributed by atoms with van der Waals surface area (Å²) >= 11 is 0. The molecule has 0 saturated heterocycles. The Kier molecular flexibility index (Phi) is 7.67. The number of furan rings is 1. The Morgan fingerprint density at radius 3 is 2.07 bits per heavy atom. The number of hydrogen-bond acceptors (Lipinski definition) is 2. The first kappa shape index (κ1) is 32.3. The van der Waals surface area contributed by atoms with Crippen molar-refractivity contribution in [2.24, 2.45) is 5.92 Å². The molecule has 2 nitrogen and oxygen atoms in total. The summed E-state index contributed by atoms with van der Waals surface area (Å²) < 4.78 is 6.17. The van der Waals surface area contributed by atoms with E-state index in [9.17, 15) is 0 Å². The lowest BCUT2D eigenvalue weighted by Crippen LogP contribution is -2.10. The lowest BCUT2D eigenvalue weighted by atomic mass is 9.84. The summed E-state index contributed by atoms with van der Waals surface area (Å²) in [4.78, 5) is 2.39. The Morgan fingerprint density at radius 2 is 1.18 bits per heavy atom. The van der Waals surface area contributed by atoms with E-state index in [0.29, 0.717) is 5.92 Å². The van der Waals surface area contributed by atoms with Crippen LogP contribution in [0.15, 0.2) is 216 Å². The predicted octanol–water partition coefficient (Wildman–Crippen LogP) is 15.2. The van der Waals surface area contributed by atoms with Crippen LogP contribution < -0.4 is 4.90 Å². The van der Waals surface area contributed by atoms with Crippen LogP contribution in [0.4, 0.5) is 17.1 Å². The Hall–Kier alpha value is -7.16. The molecule has 2 heteroatoms. The van der Waals surface area contributed by atoms with Crippen molar-refractivity contribution in [2.45, 2.75) is 6.42 Å². The maximum absolute atomic E-state index is 6.17. The molecule has 0 N–H and O–H groups in total. The van der Waals surface area contributed by atoms with Crippen LogP contribution in [0.25, 0.3) is 71.3 Å². The fourth-order valence-electron chi connectivity index (χ4n) is 8.75. The summed E-state index contributed by atoms with van der Waals surface area (Å²) in [5.41, 5.74) is 13.7. The van der Waals surface area contributed by atoms with E-state index in [2.05, 4.69) is 199 Å². The molecule has 0 bridgehead atoms. The highest BCUT2D eigenvalue weighted by Crippen LogP contribution is 2.42. The smallest absolute Gasteiger partial charge is 0.135 e. The van der Waals surface area contributed by atoms with E-state index < -0.39 is 0 Å². The van der Waals surface area contributed by atoms with Gasteiger partial charge in [0.05, 0.1) is 0 Å². The van der Waals surface area contributed by atoms with Crippen LogP contribution in [0.2, 0.25) is 0 Å². The van der Waals surface area contributed by atoms with Crippen molar-refractivity contribution < 1.29 is 4.42 Å². The van der Waals surface area contributed by atoms with Gasteiger partial charge >= 0.3 is 0 Å². The van der Waals surface area contributed by atoms with Crippen molar-refractivity contribution in [3.63, 3.8) is 0 Å². The average molecular weight is 716 g/mol. The van der Waals surface area contributed by atoms with Crippen molar-refractivity contribution in [3.8, 4) is 22.3 Å². The molecule has 0 aliphatic heterocycles. The average Bonchev–Trinajstić information content (AvgIpc) is 3.65. The maximum atomic E-state index is 6.17. The Bertz CT molecular complexity index is 3120. The number of hydrogen-bond donors (Lipinski definition) is 0. The van der Waals surface area contributed by atoms with Gasteiger partial charge in [-0.25, -0.2) is 0 Å². The normalized spacial score (nSPS) is 15.0. The zero-order valence-corrected chi connectivity index (χ0v) is 30.8. The fourth-order valence-corrected chi connectivity index (χ4v) is 8.75. The molecule has 0 spiro atoms. The summed E-state index contributed by atoms with van der Waals surface area (Å²) in [5, 5.41) is 7.35. The SMILES string of the molecule is C1=CC2=CC(c3cccc(N(c4ccc(-c5cccc6c5ccc5ccccc56)cc4)c4cccc(-c5ccc6oc7ccccc7c6c5)c4)c3)=CCC2C=C1. The van der Waals surface area contributed by atoms with E-state index in [1.165, 1.54) is 49.4 Å². The van der Waals surface area contributed by atoms with Crippen molar-refractivity contribution in [2.75, 3.05) is 4.90 Å². The van der Waals surface area contributed by atoms with Crippen molar-refractivity contribution in [1.82, 2.24) is 0 Å². The highest BCUT2D eigenvalue weighted by Gasteiger charge is 2.19. The molecular formula is C54H37NO. The summed E-state index contributed by atoms with van der Waals surface area (Å²) in [6.07, 6.45) is 14.6. The van der Waals surface area contributed by atoms with E-state index in [-0.39, 0.29) is 0 Å². The number of fused-ring (bicyclic) bond motifs is 7. The topological polar surface area (TPSA) is 16.4 Å². The molecule has 1 atom stereocenters. The second kappa shape index (κ2) is 13.3. The first-order chi connectivity index (χ1) is 27.7. The highest BCUT2D eigenvalue weighted by atomic mass is 16.3. The largest absolute Gasteiger partial charge is 0.456 e. The van der Waals surface area contributed by atoms with Crippen LogP contribution in [0.5, 0.6) is 0 Å². The van der Waals surface area contributed by atoms with Crippen molar-refractivity contribution in [1.29, 1.82) is 0 Å². The monoisotopic (exact) mass is 715 g/mol. The molecule has 0 radical (unpaired) electrons. The van der Waals surface area contributed by atoms with Gasteiger partial charge in [-0.3, -0.25) is 0 Å². The van der Waals surface area contributed by atoms with E-state index in [0.717, 1.165) is 56.5 Å². The molecule has 1 aromatic heterocycles. The lowest BCUT2D eigenvalue weighted by Gasteiger charge is -2.27. The third kappa shape index (κ3) is 5.58. The van der Waals surface area contributed by atoms with E-state index >= 15 is 0 Å². The van der Waals surface area contributed by atoms with Crippen LogP contribution in [0.3, 0.4) is 0 Å². The Morgan fingerprint density at radius 1 is 0.464 bits per heavy atom. The zero-order valence-electron chi connectivity index (χ0n) is 30.8. The highest BCUT2D eigenvalue weighted by molar-refractivity contribution is 6.12. The third-order valence-electron chi connectivity index (χ3n) is 11.6. The van der Waals surface area contributed by atoms with Crippen LogP contribution in [0, 0.1) is 5.92 Å². The van der Waals surface area contributed by atoms with Crippen molar-refractivity contribution >= 4 is 66.1 Å². The van der Waals surface area contributed by atoms with Gasteiger partial charge in [-0.2, -0.15) is 0 Å². The van der Waals surface area contributed by atoms with E-state index in [4.69, 9.17) is 4.42 Å². The molecule has 9 aromatic rings. The van der Waals surface area contributed by atoms with Crippen LogP contribution in [-0.4, -0.2) is 0 Å².